The Morgan fingerprint density at radius 2 is 2.13 bits per heavy atom. The number of fused-ring (bicyclic) bond motifs is 1. The van der Waals surface area contributed by atoms with Gasteiger partial charge in [-0.25, -0.2) is 4.98 Å². The molecular formula is C29H34N4O6. The molecule has 2 unspecified atom stereocenters. The molecule has 2 fully saturated rings. The lowest BCUT2D eigenvalue weighted by atomic mass is 9.84. The number of benzene rings is 1. The highest BCUT2D eigenvalue weighted by Gasteiger charge is 2.59. The number of carboxylic acids is 1. The van der Waals surface area contributed by atoms with Gasteiger partial charge in [-0.15, -0.1) is 0 Å². The molecule has 4 heterocycles. The van der Waals surface area contributed by atoms with Gasteiger partial charge in [0.1, 0.15) is 18.0 Å². The highest BCUT2D eigenvalue weighted by atomic mass is 16.5. The van der Waals surface area contributed by atoms with Crippen molar-refractivity contribution >= 4 is 34.5 Å². The summed E-state index contributed by atoms with van der Waals surface area (Å²) < 4.78 is 17.6. The van der Waals surface area contributed by atoms with Crippen LogP contribution in [0.2, 0.25) is 0 Å². The first kappa shape index (κ1) is 26.7. The number of carboxylic acid groups (broad SMARTS) is 1. The van der Waals surface area contributed by atoms with Crippen LogP contribution in [-0.2, 0) is 19.1 Å². The van der Waals surface area contributed by atoms with Crippen molar-refractivity contribution in [3.8, 4) is 5.75 Å². The number of aryl methyl sites for hydroxylation is 1. The van der Waals surface area contributed by atoms with Crippen LogP contribution in [0.4, 0.5) is 5.69 Å². The van der Waals surface area contributed by atoms with E-state index >= 15 is 0 Å². The summed E-state index contributed by atoms with van der Waals surface area (Å²) in [6.07, 6.45) is 4.98. The maximum Gasteiger partial charge on any atom is 0.320 e. The lowest BCUT2D eigenvalue weighted by Crippen LogP contribution is -2.52. The van der Waals surface area contributed by atoms with Gasteiger partial charge in [0.05, 0.1) is 13.2 Å². The summed E-state index contributed by atoms with van der Waals surface area (Å²) in [5.74, 6) is -2.91. The van der Waals surface area contributed by atoms with Crippen molar-refractivity contribution < 1.29 is 28.9 Å². The summed E-state index contributed by atoms with van der Waals surface area (Å²) in [7, 11) is 0. The van der Waals surface area contributed by atoms with E-state index in [0.29, 0.717) is 23.5 Å². The SMILES string of the molecule is Cc1cc(OCCN2CCOCC2)ccc1NC1(C(C)C)OC(=Cc2c[nH]c3ncccc23)C(=O)C1C(=O)O. The van der Waals surface area contributed by atoms with E-state index in [0.717, 1.165) is 49.5 Å². The molecule has 5 rings (SSSR count). The average Bonchev–Trinajstić information content (AvgIpc) is 3.45. The first-order chi connectivity index (χ1) is 18.8. The van der Waals surface area contributed by atoms with Gasteiger partial charge >= 0.3 is 5.97 Å². The number of anilines is 1. The van der Waals surface area contributed by atoms with Gasteiger partial charge in [-0.1, -0.05) is 13.8 Å². The van der Waals surface area contributed by atoms with E-state index in [1.54, 1.807) is 24.5 Å². The minimum Gasteiger partial charge on any atom is -0.492 e. The van der Waals surface area contributed by atoms with Gasteiger partial charge in [0, 0.05) is 54.6 Å². The Bertz CT molecular complexity index is 1390. The Morgan fingerprint density at radius 1 is 1.33 bits per heavy atom. The number of aromatic nitrogens is 2. The van der Waals surface area contributed by atoms with Gasteiger partial charge in [0.15, 0.2) is 11.7 Å². The third-order valence-corrected chi connectivity index (χ3v) is 7.39. The number of nitrogens with zero attached hydrogens (tertiary/aromatic N) is 2. The number of hydrogen-bond donors (Lipinski definition) is 3. The number of rotatable bonds is 9. The summed E-state index contributed by atoms with van der Waals surface area (Å²) in [5, 5.41) is 14.3. The fraction of sp³-hybridized carbons (Fsp3) is 0.414. The molecular weight excluding hydrogens is 500 g/mol. The third kappa shape index (κ3) is 5.35. The molecule has 10 nitrogen and oxygen atoms in total. The van der Waals surface area contributed by atoms with Gasteiger partial charge in [0.2, 0.25) is 11.5 Å². The third-order valence-electron chi connectivity index (χ3n) is 7.39. The smallest absolute Gasteiger partial charge is 0.320 e. The Balaban J connectivity index is 1.38. The molecule has 0 amide bonds. The maximum atomic E-state index is 13.4. The van der Waals surface area contributed by atoms with Crippen LogP contribution in [0.15, 0.2) is 48.5 Å². The summed E-state index contributed by atoms with van der Waals surface area (Å²) in [6.45, 7) is 10.3. The number of carbonyl (C=O) groups is 2. The quantitative estimate of drug-likeness (QED) is 0.278. The summed E-state index contributed by atoms with van der Waals surface area (Å²) in [5.41, 5.74) is 1.39. The predicted molar refractivity (Wildman–Crippen MR) is 146 cm³/mol. The number of hydrogen-bond acceptors (Lipinski definition) is 8. The molecule has 10 heteroatoms. The largest absolute Gasteiger partial charge is 0.492 e. The summed E-state index contributed by atoms with van der Waals surface area (Å²) in [6, 6.07) is 9.25. The van der Waals surface area contributed by atoms with Crippen LogP contribution < -0.4 is 10.1 Å². The zero-order valence-electron chi connectivity index (χ0n) is 22.4. The van der Waals surface area contributed by atoms with E-state index < -0.39 is 23.4 Å². The van der Waals surface area contributed by atoms with Crippen LogP contribution >= 0.6 is 0 Å². The Morgan fingerprint density at radius 3 is 2.85 bits per heavy atom. The van der Waals surface area contributed by atoms with E-state index in [2.05, 4.69) is 20.2 Å². The number of pyridine rings is 1. The molecule has 0 bridgehead atoms. The lowest BCUT2D eigenvalue weighted by molar-refractivity contribution is -0.150. The van der Waals surface area contributed by atoms with Gasteiger partial charge < -0.3 is 29.6 Å². The zero-order valence-corrected chi connectivity index (χ0v) is 22.4. The molecule has 2 aliphatic heterocycles. The van der Waals surface area contributed by atoms with Gasteiger partial charge in [0.25, 0.3) is 0 Å². The van der Waals surface area contributed by atoms with Crippen LogP contribution in [-0.4, -0.2) is 76.9 Å². The second kappa shape index (κ2) is 11.1. The molecule has 3 aromatic rings. The highest BCUT2D eigenvalue weighted by molar-refractivity contribution is 6.12. The second-order valence-corrected chi connectivity index (χ2v) is 10.2. The maximum absolute atomic E-state index is 13.4. The number of nitrogens with one attached hydrogen (secondary N) is 2. The van der Waals surface area contributed by atoms with Crippen LogP contribution in [0.1, 0.15) is 25.0 Å². The number of carbonyl (C=O) groups excluding carboxylic acids is 1. The molecule has 0 aliphatic carbocycles. The van der Waals surface area contributed by atoms with Gasteiger partial charge in [-0.3, -0.25) is 14.5 Å². The highest BCUT2D eigenvalue weighted by Crippen LogP contribution is 2.43. The number of aliphatic carboxylic acids is 1. The Kier molecular flexibility index (Phi) is 7.58. The van der Waals surface area contributed by atoms with Crippen LogP contribution in [0.3, 0.4) is 0 Å². The molecule has 2 aliphatic rings. The number of H-pyrrole nitrogens is 1. The molecule has 3 N–H and O–H groups in total. The Hall–Kier alpha value is -3.89. The Labute approximate surface area is 227 Å². The second-order valence-electron chi connectivity index (χ2n) is 10.2. The standard InChI is InChI=1S/C29H34N4O6/c1-18(2)29(32-23-7-6-21(15-19(23)3)38-14-11-33-9-12-37-13-10-33)25(28(35)36)26(34)24(39-29)16-20-17-31-27-22(20)5-4-8-30-27/h4-8,15-18,25,32H,9-14H2,1-3H3,(H,30,31)(H,35,36). The molecule has 2 saturated heterocycles. The van der Waals surface area contributed by atoms with E-state index in [4.69, 9.17) is 14.2 Å². The van der Waals surface area contributed by atoms with E-state index in [1.807, 2.05) is 45.0 Å². The molecule has 0 spiro atoms. The fourth-order valence-electron chi connectivity index (χ4n) is 5.15. The zero-order chi connectivity index (χ0) is 27.6. The van der Waals surface area contributed by atoms with E-state index in [1.165, 1.54) is 0 Å². The normalized spacial score (nSPS) is 22.9. The van der Waals surface area contributed by atoms with Crippen LogP contribution in [0.5, 0.6) is 5.75 Å². The summed E-state index contributed by atoms with van der Waals surface area (Å²) in [4.78, 5) is 35.5. The minimum atomic E-state index is -1.48. The molecule has 1 aromatic carbocycles. The molecule has 0 saturated carbocycles. The lowest BCUT2D eigenvalue weighted by Gasteiger charge is -2.37. The first-order valence-corrected chi connectivity index (χ1v) is 13.2. The van der Waals surface area contributed by atoms with Crippen molar-refractivity contribution in [2.75, 3.05) is 44.8 Å². The molecule has 2 atom stereocenters. The van der Waals surface area contributed by atoms with Crippen molar-refractivity contribution in [3.63, 3.8) is 0 Å². The van der Waals surface area contributed by atoms with Crippen LogP contribution in [0.25, 0.3) is 17.1 Å². The van der Waals surface area contributed by atoms with Crippen molar-refractivity contribution in [2.45, 2.75) is 26.5 Å². The summed E-state index contributed by atoms with van der Waals surface area (Å²) >= 11 is 0. The minimum absolute atomic E-state index is 0.00549. The fourth-order valence-corrected chi connectivity index (χ4v) is 5.15. The number of allylic oxidation sites excluding steroid dienone is 1. The van der Waals surface area contributed by atoms with Gasteiger partial charge in [-0.2, -0.15) is 0 Å². The average molecular weight is 535 g/mol. The molecule has 39 heavy (non-hydrogen) atoms. The predicted octanol–water partition coefficient (Wildman–Crippen LogP) is 3.69. The number of ether oxygens (including phenoxy) is 3. The number of ketones is 1. The number of Topliss-reactive ketones (excluding diaryl/α,β-unsaturated/α-hetero) is 1. The molecule has 0 radical (unpaired) electrons. The van der Waals surface area contributed by atoms with E-state index in [-0.39, 0.29) is 11.7 Å². The first-order valence-electron chi connectivity index (χ1n) is 13.2. The van der Waals surface area contributed by atoms with Crippen molar-refractivity contribution in [1.82, 2.24) is 14.9 Å². The van der Waals surface area contributed by atoms with Gasteiger partial charge in [-0.05, 0) is 48.9 Å². The van der Waals surface area contributed by atoms with Crippen molar-refractivity contribution in [2.24, 2.45) is 11.8 Å². The van der Waals surface area contributed by atoms with Crippen molar-refractivity contribution in [1.29, 1.82) is 0 Å². The molecule has 206 valence electrons. The van der Waals surface area contributed by atoms with E-state index in [9.17, 15) is 14.7 Å². The topological polar surface area (TPSA) is 126 Å². The number of morpholine rings is 1. The number of aromatic amines is 1. The van der Waals surface area contributed by atoms with Crippen molar-refractivity contribution in [3.05, 3.63) is 59.6 Å². The molecule has 2 aromatic heterocycles. The van der Waals surface area contributed by atoms with Crippen LogP contribution in [0, 0.1) is 18.8 Å². The monoisotopic (exact) mass is 534 g/mol.